The summed E-state index contributed by atoms with van der Waals surface area (Å²) in [4.78, 5) is 28.2. The first-order chi connectivity index (χ1) is 13.1. The maximum atomic E-state index is 12.9. The molecule has 4 rings (SSSR count). The third-order valence-electron chi connectivity index (χ3n) is 5.80. The van der Waals surface area contributed by atoms with E-state index in [2.05, 4.69) is 5.32 Å². The van der Waals surface area contributed by atoms with E-state index in [0.29, 0.717) is 37.8 Å². The van der Waals surface area contributed by atoms with Gasteiger partial charge in [-0.2, -0.15) is 0 Å². The molecule has 2 aliphatic heterocycles. The quantitative estimate of drug-likeness (QED) is 0.860. The van der Waals surface area contributed by atoms with Crippen LogP contribution in [0, 0.1) is 11.7 Å². The Hall–Kier alpha value is -2.31. The third-order valence-corrected chi connectivity index (χ3v) is 5.80. The minimum atomic E-state index is -0.297. The molecule has 3 aliphatic rings. The van der Waals surface area contributed by atoms with Gasteiger partial charge in [0.2, 0.25) is 5.91 Å². The van der Waals surface area contributed by atoms with Gasteiger partial charge in [-0.1, -0.05) is 12.8 Å². The monoisotopic (exact) mass is 375 g/mol. The van der Waals surface area contributed by atoms with Gasteiger partial charge in [0.05, 0.1) is 13.1 Å². The van der Waals surface area contributed by atoms with Gasteiger partial charge in [0.1, 0.15) is 17.7 Å². The summed E-state index contributed by atoms with van der Waals surface area (Å²) in [6, 6.07) is 6.20. The number of nitrogens with one attached hydrogen (secondary N) is 1. The molecule has 0 aromatic heterocycles. The molecule has 0 spiro atoms. The van der Waals surface area contributed by atoms with Gasteiger partial charge in [-0.3, -0.25) is 4.79 Å². The number of ether oxygens (including phenoxy) is 1. The normalized spacial score (nSPS) is 23.6. The molecule has 3 fully saturated rings. The molecule has 146 valence electrons. The second kappa shape index (κ2) is 7.74. The molecule has 2 saturated heterocycles. The van der Waals surface area contributed by atoms with Crippen LogP contribution in [0.3, 0.4) is 0 Å². The van der Waals surface area contributed by atoms with E-state index in [0.717, 1.165) is 19.4 Å². The number of rotatable bonds is 5. The van der Waals surface area contributed by atoms with Gasteiger partial charge in [0.25, 0.3) is 0 Å². The molecule has 27 heavy (non-hydrogen) atoms. The SMILES string of the molecule is O=C(NC[C@H]1CC(=O)N(C2CCCC2)C1)N1CC(Oc2ccc(F)cc2)C1. The largest absolute Gasteiger partial charge is 0.487 e. The van der Waals surface area contributed by atoms with Gasteiger partial charge < -0.3 is 19.9 Å². The number of hydrogen-bond donors (Lipinski definition) is 1. The minimum Gasteiger partial charge on any atom is -0.487 e. The summed E-state index contributed by atoms with van der Waals surface area (Å²) in [6.07, 6.45) is 5.14. The summed E-state index contributed by atoms with van der Waals surface area (Å²) in [6.45, 7) is 2.33. The maximum Gasteiger partial charge on any atom is 0.317 e. The summed E-state index contributed by atoms with van der Waals surface area (Å²) in [5.74, 6) is 0.749. The molecule has 1 aromatic carbocycles. The topological polar surface area (TPSA) is 61.9 Å². The zero-order chi connectivity index (χ0) is 18.8. The van der Waals surface area contributed by atoms with Gasteiger partial charge in [0, 0.05) is 31.5 Å². The number of carbonyl (C=O) groups is 2. The van der Waals surface area contributed by atoms with Crippen molar-refractivity contribution < 1.29 is 18.7 Å². The molecule has 1 atom stereocenters. The molecule has 1 N–H and O–H groups in total. The number of nitrogens with zero attached hydrogens (tertiary/aromatic N) is 2. The first-order valence-electron chi connectivity index (χ1n) is 9.83. The van der Waals surface area contributed by atoms with Crippen molar-refractivity contribution in [3.63, 3.8) is 0 Å². The summed E-state index contributed by atoms with van der Waals surface area (Å²) in [5, 5.41) is 2.95. The van der Waals surface area contributed by atoms with Crippen LogP contribution >= 0.6 is 0 Å². The molecular weight excluding hydrogens is 349 g/mol. The Morgan fingerprint density at radius 2 is 1.85 bits per heavy atom. The molecule has 0 radical (unpaired) electrons. The highest BCUT2D eigenvalue weighted by molar-refractivity contribution is 5.79. The molecule has 2 heterocycles. The van der Waals surface area contributed by atoms with Gasteiger partial charge in [-0.05, 0) is 37.1 Å². The van der Waals surface area contributed by atoms with Crippen molar-refractivity contribution in [3.05, 3.63) is 30.1 Å². The first-order valence-corrected chi connectivity index (χ1v) is 9.83. The van der Waals surface area contributed by atoms with Gasteiger partial charge >= 0.3 is 6.03 Å². The summed E-state index contributed by atoms with van der Waals surface area (Å²) in [5.41, 5.74) is 0. The lowest BCUT2D eigenvalue weighted by Crippen LogP contribution is -2.59. The Morgan fingerprint density at radius 3 is 2.56 bits per heavy atom. The number of benzene rings is 1. The lowest BCUT2D eigenvalue weighted by molar-refractivity contribution is -0.129. The molecule has 1 aromatic rings. The highest BCUT2D eigenvalue weighted by atomic mass is 19.1. The molecule has 7 heteroatoms. The lowest BCUT2D eigenvalue weighted by atomic mass is 10.1. The van der Waals surface area contributed by atoms with E-state index in [-0.39, 0.29) is 29.8 Å². The van der Waals surface area contributed by atoms with E-state index in [1.165, 1.54) is 25.0 Å². The molecule has 0 bridgehead atoms. The maximum absolute atomic E-state index is 12.9. The Kier molecular flexibility index (Phi) is 5.18. The van der Waals surface area contributed by atoms with Crippen molar-refractivity contribution in [1.82, 2.24) is 15.1 Å². The summed E-state index contributed by atoms with van der Waals surface area (Å²) in [7, 11) is 0. The zero-order valence-corrected chi connectivity index (χ0v) is 15.4. The standard InChI is InChI=1S/C20H26FN3O3/c21-15-5-7-17(8-6-15)27-18-12-23(13-18)20(26)22-10-14-9-19(25)24(11-14)16-3-1-2-4-16/h5-8,14,16,18H,1-4,9-13H2,(H,22,26)/t14-/m1/s1. The van der Waals surface area contributed by atoms with Crippen LogP contribution in [-0.4, -0.2) is 60.1 Å². The number of urea groups is 1. The van der Waals surface area contributed by atoms with Gasteiger partial charge in [-0.15, -0.1) is 0 Å². The molecular formula is C20H26FN3O3. The van der Waals surface area contributed by atoms with E-state index < -0.39 is 0 Å². The Balaban J connectivity index is 1.16. The second-order valence-electron chi connectivity index (χ2n) is 7.84. The van der Waals surface area contributed by atoms with Crippen LogP contribution < -0.4 is 10.1 Å². The number of halogens is 1. The van der Waals surface area contributed by atoms with Crippen molar-refractivity contribution in [2.45, 2.75) is 44.2 Å². The lowest BCUT2D eigenvalue weighted by Gasteiger charge is -2.39. The fourth-order valence-electron chi connectivity index (χ4n) is 4.24. The van der Waals surface area contributed by atoms with E-state index in [1.54, 1.807) is 17.0 Å². The summed E-state index contributed by atoms with van der Waals surface area (Å²) < 4.78 is 18.6. The van der Waals surface area contributed by atoms with Crippen molar-refractivity contribution in [2.75, 3.05) is 26.2 Å². The summed E-state index contributed by atoms with van der Waals surface area (Å²) >= 11 is 0. The van der Waals surface area contributed by atoms with Crippen molar-refractivity contribution in [2.24, 2.45) is 5.92 Å². The van der Waals surface area contributed by atoms with Crippen LogP contribution in [0.15, 0.2) is 24.3 Å². The number of hydrogen-bond acceptors (Lipinski definition) is 3. The van der Waals surface area contributed by atoms with Crippen LogP contribution in [0.5, 0.6) is 5.75 Å². The highest BCUT2D eigenvalue weighted by Crippen LogP contribution is 2.29. The molecule has 6 nitrogen and oxygen atoms in total. The predicted molar refractivity (Wildman–Crippen MR) is 97.9 cm³/mol. The smallest absolute Gasteiger partial charge is 0.317 e. The Bertz CT molecular complexity index is 684. The van der Waals surface area contributed by atoms with Crippen LogP contribution in [0.4, 0.5) is 9.18 Å². The van der Waals surface area contributed by atoms with Crippen LogP contribution in [0.1, 0.15) is 32.1 Å². The van der Waals surface area contributed by atoms with Gasteiger partial charge in [-0.25, -0.2) is 9.18 Å². The van der Waals surface area contributed by atoms with Crippen molar-refractivity contribution >= 4 is 11.9 Å². The van der Waals surface area contributed by atoms with Crippen molar-refractivity contribution in [3.8, 4) is 5.75 Å². The average molecular weight is 375 g/mol. The van der Waals surface area contributed by atoms with Crippen LogP contribution in [-0.2, 0) is 4.79 Å². The third kappa shape index (κ3) is 4.17. The fraction of sp³-hybridized carbons (Fsp3) is 0.600. The van der Waals surface area contributed by atoms with Gasteiger partial charge in [0.15, 0.2) is 0 Å². The van der Waals surface area contributed by atoms with Crippen LogP contribution in [0.25, 0.3) is 0 Å². The first kappa shape index (κ1) is 18.1. The number of likely N-dealkylation sites (tertiary alicyclic amines) is 2. The zero-order valence-electron chi connectivity index (χ0n) is 15.4. The second-order valence-corrected chi connectivity index (χ2v) is 7.84. The minimum absolute atomic E-state index is 0.0628. The molecule has 0 unspecified atom stereocenters. The van der Waals surface area contributed by atoms with E-state index in [4.69, 9.17) is 4.74 Å². The number of carbonyl (C=O) groups excluding carboxylic acids is 2. The molecule has 1 saturated carbocycles. The Morgan fingerprint density at radius 1 is 1.15 bits per heavy atom. The highest BCUT2D eigenvalue weighted by Gasteiger charge is 2.36. The van der Waals surface area contributed by atoms with E-state index in [9.17, 15) is 14.0 Å². The average Bonchev–Trinajstić information content (AvgIpc) is 3.26. The predicted octanol–water partition coefficient (Wildman–Crippen LogP) is 2.39. The molecule has 3 amide bonds. The van der Waals surface area contributed by atoms with E-state index >= 15 is 0 Å². The Labute approximate surface area is 158 Å². The number of amides is 3. The fourth-order valence-corrected chi connectivity index (χ4v) is 4.24. The van der Waals surface area contributed by atoms with Crippen LogP contribution in [0.2, 0.25) is 0 Å². The molecule has 1 aliphatic carbocycles. The van der Waals surface area contributed by atoms with Crippen molar-refractivity contribution in [1.29, 1.82) is 0 Å². The van der Waals surface area contributed by atoms with E-state index in [1.807, 2.05) is 4.90 Å².